The highest BCUT2D eigenvalue weighted by molar-refractivity contribution is 7.99. The average molecular weight is 365 g/mol. The highest BCUT2D eigenvalue weighted by Crippen LogP contribution is 2.37. The monoisotopic (exact) mass is 365 g/mol. The van der Waals surface area contributed by atoms with Crippen LogP contribution in [0.25, 0.3) is 0 Å². The summed E-state index contributed by atoms with van der Waals surface area (Å²) in [6.07, 6.45) is 5.48. The van der Waals surface area contributed by atoms with E-state index in [-0.39, 0.29) is 30.2 Å². The van der Waals surface area contributed by atoms with Gasteiger partial charge >= 0.3 is 6.03 Å². The lowest BCUT2D eigenvalue weighted by Crippen LogP contribution is -2.41. The second-order valence-electron chi connectivity index (χ2n) is 6.55. The summed E-state index contributed by atoms with van der Waals surface area (Å²) in [7, 11) is 0. The van der Waals surface area contributed by atoms with Gasteiger partial charge in [0.25, 0.3) is 0 Å². The molecule has 1 unspecified atom stereocenters. The van der Waals surface area contributed by atoms with E-state index < -0.39 is 0 Å². The van der Waals surface area contributed by atoms with Crippen molar-refractivity contribution in [3.8, 4) is 0 Å². The summed E-state index contributed by atoms with van der Waals surface area (Å²) in [4.78, 5) is 24.5. The van der Waals surface area contributed by atoms with Crippen LogP contribution < -0.4 is 16.0 Å². The van der Waals surface area contributed by atoms with Crippen LogP contribution in [0.2, 0.25) is 0 Å². The minimum absolute atomic E-state index is 0.0197. The van der Waals surface area contributed by atoms with Crippen LogP contribution >= 0.6 is 11.8 Å². The maximum absolute atomic E-state index is 13.8. The van der Waals surface area contributed by atoms with Gasteiger partial charge < -0.3 is 16.0 Å². The highest BCUT2D eigenvalue weighted by Gasteiger charge is 2.24. The fraction of sp³-hybridized carbons (Fsp3) is 0.556. The number of thioether (sulfide) groups is 1. The number of halogens is 1. The maximum Gasteiger partial charge on any atom is 0.315 e. The first-order valence-electron chi connectivity index (χ1n) is 8.88. The van der Waals surface area contributed by atoms with Crippen molar-refractivity contribution < 1.29 is 14.0 Å². The fourth-order valence-corrected chi connectivity index (χ4v) is 4.55. The average Bonchev–Trinajstić information content (AvgIpc) is 3.09. The number of urea groups is 1. The number of carbonyl (C=O) groups is 2. The summed E-state index contributed by atoms with van der Waals surface area (Å²) in [5, 5.41) is 8.61. The van der Waals surface area contributed by atoms with Crippen LogP contribution in [0.4, 0.5) is 9.18 Å². The predicted molar refractivity (Wildman–Crippen MR) is 96.0 cm³/mol. The minimum atomic E-state index is -0.319. The molecule has 1 aliphatic heterocycles. The van der Waals surface area contributed by atoms with E-state index in [1.165, 1.54) is 30.7 Å². The van der Waals surface area contributed by atoms with Crippen molar-refractivity contribution in [3.05, 3.63) is 29.6 Å². The molecule has 1 atom stereocenters. The zero-order chi connectivity index (χ0) is 17.6. The molecule has 1 aromatic carbocycles. The molecule has 136 valence electrons. The molecule has 3 amide bonds. The van der Waals surface area contributed by atoms with E-state index in [0.29, 0.717) is 17.5 Å². The number of hydrogen-bond donors (Lipinski definition) is 3. The lowest BCUT2D eigenvalue weighted by Gasteiger charge is -2.26. The Kier molecular flexibility index (Phi) is 6.18. The van der Waals surface area contributed by atoms with Crippen LogP contribution in [0, 0.1) is 5.82 Å². The lowest BCUT2D eigenvalue weighted by atomic mass is 10.0. The fourth-order valence-electron chi connectivity index (χ4n) is 3.41. The molecule has 1 fully saturated rings. The van der Waals surface area contributed by atoms with Crippen molar-refractivity contribution in [3.63, 3.8) is 0 Å². The number of amides is 3. The number of hydrogen-bond acceptors (Lipinski definition) is 3. The third-order valence-corrected chi connectivity index (χ3v) is 5.85. The smallest absolute Gasteiger partial charge is 0.315 e. The topological polar surface area (TPSA) is 70.2 Å². The zero-order valence-corrected chi connectivity index (χ0v) is 15.0. The van der Waals surface area contributed by atoms with Gasteiger partial charge in [-0.25, -0.2) is 9.18 Å². The van der Waals surface area contributed by atoms with Crippen LogP contribution in [0.3, 0.4) is 0 Å². The van der Waals surface area contributed by atoms with Crippen LogP contribution in [0.5, 0.6) is 0 Å². The van der Waals surface area contributed by atoms with E-state index >= 15 is 0 Å². The third kappa shape index (κ3) is 4.87. The predicted octanol–water partition coefficient (Wildman–Crippen LogP) is 3.11. The molecule has 1 heterocycles. The first kappa shape index (κ1) is 18.0. The number of rotatable bonds is 5. The molecule has 1 aliphatic carbocycles. The molecule has 0 bridgehead atoms. The Hall–Kier alpha value is -1.76. The Morgan fingerprint density at radius 2 is 1.96 bits per heavy atom. The Labute approximate surface area is 151 Å². The molecular formula is C18H24FN3O2S. The quantitative estimate of drug-likeness (QED) is 0.751. The van der Waals surface area contributed by atoms with Crippen LogP contribution in [-0.2, 0) is 4.79 Å². The number of benzene rings is 1. The minimum Gasteiger partial charge on any atom is -0.353 e. The van der Waals surface area contributed by atoms with E-state index in [0.717, 1.165) is 30.6 Å². The molecule has 0 radical (unpaired) electrons. The van der Waals surface area contributed by atoms with Crippen molar-refractivity contribution in [1.82, 2.24) is 16.0 Å². The second kappa shape index (κ2) is 8.56. The first-order chi connectivity index (χ1) is 12.1. The molecule has 1 aromatic rings. The summed E-state index contributed by atoms with van der Waals surface area (Å²) < 4.78 is 13.8. The molecule has 0 aromatic heterocycles. The number of nitrogens with one attached hydrogen (secondary N) is 3. The van der Waals surface area contributed by atoms with Gasteiger partial charge in [0.1, 0.15) is 5.82 Å². The molecular weight excluding hydrogens is 341 g/mol. The molecule has 3 N–H and O–H groups in total. The Morgan fingerprint density at radius 3 is 2.76 bits per heavy atom. The lowest BCUT2D eigenvalue weighted by molar-refractivity contribution is -0.121. The van der Waals surface area contributed by atoms with E-state index in [1.807, 2.05) is 6.07 Å². The van der Waals surface area contributed by atoms with Gasteiger partial charge in [-0.05, 0) is 30.9 Å². The standard InChI is InChI=1S/C18H24FN3O2S/c19-14-7-3-6-13-15(9-11-25-17(13)14)22-18(24)20-10-8-16(23)21-12-4-1-2-5-12/h3,6-7,12,15H,1-2,4-5,8-11H2,(H,21,23)(H2,20,22,24). The Morgan fingerprint density at radius 1 is 1.16 bits per heavy atom. The van der Waals surface area contributed by atoms with Gasteiger partial charge in [0.2, 0.25) is 5.91 Å². The van der Waals surface area contributed by atoms with Gasteiger partial charge in [-0.15, -0.1) is 11.8 Å². The zero-order valence-electron chi connectivity index (χ0n) is 14.1. The molecule has 3 rings (SSSR count). The van der Waals surface area contributed by atoms with E-state index in [1.54, 1.807) is 6.07 Å². The summed E-state index contributed by atoms with van der Waals surface area (Å²) >= 11 is 1.48. The Balaban J connectivity index is 1.43. The van der Waals surface area contributed by atoms with Crippen molar-refractivity contribution in [1.29, 1.82) is 0 Å². The SMILES string of the molecule is O=C(CCNC(=O)NC1CCSc2c(F)cccc21)NC1CCCC1. The molecule has 0 saturated heterocycles. The first-order valence-corrected chi connectivity index (χ1v) is 9.87. The molecule has 7 heteroatoms. The van der Waals surface area contributed by atoms with Crippen molar-refractivity contribution in [2.75, 3.05) is 12.3 Å². The van der Waals surface area contributed by atoms with Gasteiger partial charge in [-0.1, -0.05) is 25.0 Å². The third-order valence-electron chi connectivity index (χ3n) is 4.69. The van der Waals surface area contributed by atoms with Crippen LogP contribution in [-0.4, -0.2) is 30.3 Å². The van der Waals surface area contributed by atoms with Crippen molar-refractivity contribution >= 4 is 23.7 Å². The van der Waals surface area contributed by atoms with Crippen molar-refractivity contribution in [2.24, 2.45) is 0 Å². The van der Waals surface area contributed by atoms with Gasteiger partial charge in [0, 0.05) is 29.7 Å². The van der Waals surface area contributed by atoms with E-state index in [9.17, 15) is 14.0 Å². The van der Waals surface area contributed by atoms with Gasteiger partial charge in [-0.2, -0.15) is 0 Å². The van der Waals surface area contributed by atoms with Gasteiger partial charge in [0.15, 0.2) is 0 Å². The second-order valence-corrected chi connectivity index (χ2v) is 7.65. The van der Waals surface area contributed by atoms with Gasteiger partial charge in [0.05, 0.1) is 6.04 Å². The molecule has 25 heavy (non-hydrogen) atoms. The molecule has 2 aliphatic rings. The summed E-state index contributed by atoms with van der Waals surface area (Å²) in [5.41, 5.74) is 0.824. The largest absolute Gasteiger partial charge is 0.353 e. The number of fused-ring (bicyclic) bond motifs is 1. The molecule has 0 spiro atoms. The Bertz CT molecular complexity index is 635. The number of carbonyl (C=O) groups excluding carboxylic acids is 2. The van der Waals surface area contributed by atoms with Crippen molar-refractivity contribution in [2.45, 2.75) is 55.5 Å². The van der Waals surface area contributed by atoms with E-state index in [4.69, 9.17) is 0 Å². The van der Waals surface area contributed by atoms with Gasteiger partial charge in [-0.3, -0.25) is 4.79 Å². The summed E-state index contributed by atoms with van der Waals surface area (Å²) in [6.45, 7) is 0.294. The molecule has 5 nitrogen and oxygen atoms in total. The molecule has 1 saturated carbocycles. The van der Waals surface area contributed by atoms with E-state index in [2.05, 4.69) is 16.0 Å². The maximum atomic E-state index is 13.8. The van der Waals surface area contributed by atoms with Crippen LogP contribution in [0.1, 0.15) is 50.1 Å². The summed E-state index contributed by atoms with van der Waals surface area (Å²) in [5.74, 6) is 0.509. The normalized spacial score (nSPS) is 20.0. The highest BCUT2D eigenvalue weighted by atomic mass is 32.2. The van der Waals surface area contributed by atoms with Crippen LogP contribution in [0.15, 0.2) is 23.1 Å². The summed E-state index contributed by atoms with van der Waals surface area (Å²) in [6, 6.07) is 4.74.